The molecular formula is C12H22N4. The Balaban J connectivity index is 2.06. The van der Waals surface area contributed by atoms with Gasteiger partial charge in [0.05, 0.1) is 0 Å². The summed E-state index contributed by atoms with van der Waals surface area (Å²) in [6, 6.07) is 0.767. The molecule has 0 saturated heterocycles. The average molecular weight is 222 g/mol. The monoisotopic (exact) mass is 222 g/mol. The smallest absolute Gasteiger partial charge is 0.138 e. The van der Waals surface area contributed by atoms with Crippen molar-refractivity contribution in [1.29, 1.82) is 0 Å². The number of rotatable bonds is 3. The molecule has 2 rings (SSSR count). The Morgan fingerprint density at radius 1 is 1.50 bits per heavy atom. The van der Waals surface area contributed by atoms with E-state index in [2.05, 4.69) is 30.9 Å². The quantitative estimate of drug-likeness (QED) is 0.848. The van der Waals surface area contributed by atoms with Crippen LogP contribution in [-0.2, 0) is 6.42 Å². The topological polar surface area (TPSA) is 56.7 Å². The van der Waals surface area contributed by atoms with E-state index >= 15 is 0 Å². The molecule has 16 heavy (non-hydrogen) atoms. The highest BCUT2D eigenvalue weighted by atomic mass is 15.3. The lowest BCUT2D eigenvalue weighted by atomic mass is 9.93. The van der Waals surface area contributed by atoms with Gasteiger partial charge in [-0.05, 0) is 38.5 Å². The molecule has 0 aromatic carbocycles. The van der Waals surface area contributed by atoms with Gasteiger partial charge in [0, 0.05) is 18.5 Å². The zero-order valence-corrected chi connectivity index (χ0v) is 10.4. The Morgan fingerprint density at radius 2 is 2.25 bits per heavy atom. The van der Waals surface area contributed by atoms with Gasteiger partial charge in [-0.25, -0.2) is 9.67 Å². The van der Waals surface area contributed by atoms with Gasteiger partial charge in [-0.2, -0.15) is 5.10 Å². The number of hydrogen-bond acceptors (Lipinski definition) is 3. The van der Waals surface area contributed by atoms with E-state index in [1.807, 2.05) is 4.68 Å². The van der Waals surface area contributed by atoms with E-state index in [1.165, 1.54) is 6.42 Å². The summed E-state index contributed by atoms with van der Waals surface area (Å²) >= 11 is 0. The zero-order valence-electron chi connectivity index (χ0n) is 10.4. The first-order valence-electron chi connectivity index (χ1n) is 6.23. The first-order valence-corrected chi connectivity index (χ1v) is 6.23. The Bertz CT molecular complexity index is 345. The fourth-order valence-corrected chi connectivity index (χ4v) is 2.66. The fraction of sp³-hybridized carbons (Fsp3) is 0.833. The molecule has 1 heterocycles. The molecule has 1 aromatic heterocycles. The summed E-state index contributed by atoms with van der Waals surface area (Å²) in [7, 11) is 0. The second-order valence-corrected chi connectivity index (χ2v) is 5.28. The van der Waals surface area contributed by atoms with E-state index in [0.717, 1.165) is 18.7 Å². The first-order chi connectivity index (χ1) is 7.59. The number of nitrogens with zero attached hydrogens (tertiary/aromatic N) is 3. The average Bonchev–Trinajstić information content (AvgIpc) is 2.80. The molecule has 1 aromatic rings. The van der Waals surface area contributed by atoms with Gasteiger partial charge >= 0.3 is 0 Å². The Labute approximate surface area is 97.2 Å². The lowest BCUT2D eigenvalue weighted by Crippen LogP contribution is -2.26. The molecule has 4 heteroatoms. The summed E-state index contributed by atoms with van der Waals surface area (Å²) < 4.78 is 2.02. The summed E-state index contributed by atoms with van der Waals surface area (Å²) in [6.45, 7) is 6.54. The van der Waals surface area contributed by atoms with Crippen LogP contribution in [0.15, 0.2) is 6.33 Å². The maximum absolute atomic E-state index is 6.05. The molecule has 90 valence electrons. The lowest BCUT2D eigenvalue weighted by molar-refractivity contribution is 0.370. The van der Waals surface area contributed by atoms with Crippen LogP contribution in [0.2, 0.25) is 0 Å². The molecule has 3 unspecified atom stereocenters. The largest absolute Gasteiger partial charge is 0.327 e. The van der Waals surface area contributed by atoms with Crippen LogP contribution < -0.4 is 5.73 Å². The maximum atomic E-state index is 6.05. The molecule has 1 aliphatic carbocycles. The van der Waals surface area contributed by atoms with Gasteiger partial charge in [0.2, 0.25) is 0 Å². The van der Waals surface area contributed by atoms with Crippen LogP contribution in [0.3, 0.4) is 0 Å². The van der Waals surface area contributed by atoms with Gasteiger partial charge in [0.25, 0.3) is 0 Å². The minimum atomic E-state index is 0.375. The van der Waals surface area contributed by atoms with Crippen molar-refractivity contribution >= 4 is 0 Å². The van der Waals surface area contributed by atoms with Gasteiger partial charge < -0.3 is 5.73 Å². The summed E-state index contributed by atoms with van der Waals surface area (Å²) in [6.07, 6.45) is 5.07. The van der Waals surface area contributed by atoms with Crippen LogP contribution in [-0.4, -0.2) is 20.8 Å². The second kappa shape index (κ2) is 4.53. The first kappa shape index (κ1) is 11.6. The molecule has 1 aliphatic rings. The minimum Gasteiger partial charge on any atom is -0.327 e. The summed E-state index contributed by atoms with van der Waals surface area (Å²) in [4.78, 5) is 4.37. The highest BCUT2D eigenvalue weighted by Crippen LogP contribution is 2.32. The molecule has 3 atom stereocenters. The molecule has 0 amide bonds. The van der Waals surface area contributed by atoms with Crippen LogP contribution in [0.25, 0.3) is 0 Å². The number of hydrogen-bond donors (Lipinski definition) is 1. The lowest BCUT2D eigenvalue weighted by Gasteiger charge is -2.18. The van der Waals surface area contributed by atoms with Crippen molar-refractivity contribution in [3.63, 3.8) is 0 Å². The van der Waals surface area contributed by atoms with Crippen molar-refractivity contribution in [1.82, 2.24) is 14.8 Å². The predicted octanol–water partition coefficient (Wildman–Crippen LogP) is 1.77. The Morgan fingerprint density at radius 3 is 2.81 bits per heavy atom. The SMILES string of the molecule is CC1C(N)CCC1Cc1ncnn1C(C)C. The number of aromatic nitrogens is 3. The molecule has 1 fully saturated rings. The fourth-order valence-electron chi connectivity index (χ4n) is 2.66. The predicted molar refractivity (Wildman–Crippen MR) is 64.0 cm³/mol. The zero-order chi connectivity index (χ0) is 11.7. The van der Waals surface area contributed by atoms with Crippen LogP contribution in [0.4, 0.5) is 0 Å². The van der Waals surface area contributed by atoms with E-state index in [4.69, 9.17) is 5.73 Å². The number of nitrogens with two attached hydrogens (primary N) is 1. The third-order valence-electron chi connectivity index (χ3n) is 3.87. The third-order valence-corrected chi connectivity index (χ3v) is 3.87. The van der Waals surface area contributed by atoms with E-state index in [-0.39, 0.29) is 0 Å². The summed E-state index contributed by atoms with van der Waals surface area (Å²) in [5.41, 5.74) is 6.05. The molecule has 0 aliphatic heterocycles. The van der Waals surface area contributed by atoms with Crippen LogP contribution in [0, 0.1) is 11.8 Å². The second-order valence-electron chi connectivity index (χ2n) is 5.28. The Kier molecular flexibility index (Phi) is 3.28. The molecular weight excluding hydrogens is 200 g/mol. The van der Waals surface area contributed by atoms with Gasteiger partial charge in [-0.15, -0.1) is 0 Å². The highest BCUT2D eigenvalue weighted by molar-refractivity contribution is 4.94. The highest BCUT2D eigenvalue weighted by Gasteiger charge is 2.31. The van der Waals surface area contributed by atoms with Crippen molar-refractivity contribution < 1.29 is 0 Å². The molecule has 1 saturated carbocycles. The molecule has 0 spiro atoms. The Hall–Kier alpha value is -0.900. The van der Waals surface area contributed by atoms with Crippen molar-refractivity contribution in [2.75, 3.05) is 0 Å². The van der Waals surface area contributed by atoms with Crippen molar-refractivity contribution in [3.05, 3.63) is 12.2 Å². The third kappa shape index (κ3) is 2.12. The van der Waals surface area contributed by atoms with Crippen LogP contribution >= 0.6 is 0 Å². The minimum absolute atomic E-state index is 0.375. The summed E-state index contributed by atoms with van der Waals surface area (Å²) in [5, 5.41) is 4.28. The van der Waals surface area contributed by atoms with Crippen molar-refractivity contribution in [2.24, 2.45) is 17.6 Å². The maximum Gasteiger partial charge on any atom is 0.138 e. The van der Waals surface area contributed by atoms with Crippen molar-refractivity contribution in [3.8, 4) is 0 Å². The normalized spacial score (nSPS) is 30.2. The van der Waals surface area contributed by atoms with Crippen molar-refractivity contribution in [2.45, 2.75) is 52.1 Å². The van der Waals surface area contributed by atoms with Gasteiger partial charge in [0.15, 0.2) is 0 Å². The van der Waals surface area contributed by atoms with Crippen LogP contribution in [0.5, 0.6) is 0 Å². The standard InChI is InChI=1S/C12H22N4/c1-8(2)16-12(14-7-15-16)6-10-4-5-11(13)9(10)3/h7-11H,4-6,13H2,1-3H3. The molecule has 0 radical (unpaired) electrons. The molecule has 0 bridgehead atoms. The summed E-state index contributed by atoms with van der Waals surface area (Å²) in [5.74, 6) is 2.40. The van der Waals surface area contributed by atoms with E-state index < -0.39 is 0 Å². The van der Waals surface area contributed by atoms with E-state index in [9.17, 15) is 0 Å². The van der Waals surface area contributed by atoms with E-state index in [0.29, 0.717) is 23.9 Å². The molecule has 2 N–H and O–H groups in total. The van der Waals surface area contributed by atoms with E-state index in [1.54, 1.807) is 6.33 Å². The van der Waals surface area contributed by atoms with Gasteiger partial charge in [-0.1, -0.05) is 6.92 Å². The van der Waals surface area contributed by atoms with Gasteiger partial charge in [-0.3, -0.25) is 0 Å². The molecule has 4 nitrogen and oxygen atoms in total. The van der Waals surface area contributed by atoms with Crippen LogP contribution in [0.1, 0.15) is 45.5 Å². The van der Waals surface area contributed by atoms with Gasteiger partial charge in [0.1, 0.15) is 12.2 Å².